The first-order chi connectivity index (χ1) is 19.1. The van der Waals surface area contributed by atoms with Crippen LogP contribution in [0.25, 0.3) is 5.70 Å². The van der Waals surface area contributed by atoms with Crippen molar-refractivity contribution >= 4 is 28.9 Å². The lowest BCUT2D eigenvalue weighted by molar-refractivity contribution is -0.136. The average Bonchev–Trinajstić information content (AvgIpc) is 3.25. The number of halogens is 1. The number of nitrogens with zero attached hydrogens (tertiary/aromatic N) is 5. The largest absolute Gasteiger partial charge is 0.481 e. The third-order valence-electron chi connectivity index (χ3n) is 8.92. The fraction of sp³-hybridized carbons (Fsp3) is 0.406. The highest BCUT2D eigenvalue weighted by molar-refractivity contribution is 5.74. The summed E-state index contributed by atoms with van der Waals surface area (Å²) in [6.45, 7) is 13.8. The van der Waals surface area contributed by atoms with Crippen LogP contribution in [0.15, 0.2) is 55.2 Å². The smallest absolute Gasteiger partial charge is 0.307 e. The number of carbonyl (C=O) groups is 1. The number of hydrogen-bond donors (Lipinski definition) is 1. The molecule has 208 valence electrons. The van der Waals surface area contributed by atoms with E-state index in [2.05, 4.69) is 52.2 Å². The Hall–Kier alpha value is -3.94. The summed E-state index contributed by atoms with van der Waals surface area (Å²) in [6, 6.07) is 13.4. The number of carboxylic acids is 1. The summed E-state index contributed by atoms with van der Waals surface area (Å²) in [7, 11) is 0. The molecule has 1 N–H and O–H groups in total. The molecule has 1 saturated carbocycles. The third-order valence-corrected chi connectivity index (χ3v) is 8.92. The van der Waals surface area contributed by atoms with Gasteiger partial charge in [0.15, 0.2) is 0 Å². The van der Waals surface area contributed by atoms with Crippen LogP contribution in [0.3, 0.4) is 0 Å². The van der Waals surface area contributed by atoms with E-state index in [0.29, 0.717) is 11.1 Å². The second-order valence-electron chi connectivity index (χ2n) is 12.1. The first kappa shape index (κ1) is 26.3. The number of aryl methyl sites for hydroxylation is 1. The first-order valence-electron chi connectivity index (χ1n) is 14.0. The topological polar surface area (TPSA) is 72.8 Å². The van der Waals surface area contributed by atoms with Crippen molar-refractivity contribution in [1.82, 2.24) is 14.9 Å². The summed E-state index contributed by atoms with van der Waals surface area (Å²) in [5, 5.41) is 9.04. The fourth-order valence-electron chi connectivity index (χ4n) is 6.53. The van der Waals surface area contributed by atoms with Gasteiger partial charge < -0.3 is 19.8 Å². The zero-order chi connectivity index (χ0) is 28.2. The molecule has 0 atom stereocenters. The minimum Gasteiger partial charge on any atom is -0.481 e. The van der Waals surface area contributed by atoms with E-state index in [1.807, 2.05) is 24.3 Å². The SMILES string of the molecule is C=C(c1ccc2c(n1)C1(CCC1)CN2c1ccc(C)c(F)c1)N1CCN(c2ccc(CC(=O)O)cn2)CC1(C)C. The van der Waals surface area contributed by atoms with Gasteiger partial charge in [-0.3, -0.25) is 4.79 Å². The summed E-state index contributed by atoms with van der Waals surface area (Å²) in [6.07, 6.45) is 5.00. The normalized spacial score (nSPS) is 18.9. The van der Waals surface area contributed by atoms with Crippen LogP contribution in [-0.2, 0) is 16.6 Å². The van der Waals surface area contributed by atoms with Crippen molar-refractivity contribution in [1.29, 1.82) is 0 Å². The van der Waals surface area contributed by atoms with Gasteiger partial charge in [-0.2, -0.15) is 0 Å². The number of rotatable bonds is 6. The molecular weight excluding hydrogens is 505 g/mol. The predicted octanol–water partition coefficient (Wildman–Crippen LogP) is 5.70. The molecule has 0 radical (unpaired) electrons. The molecular formula is C32H36FN5O2. The predicted molar refractivity (Wildman–Crippen MR) is 156 cm³/mol. The van der Waals surface area contributed by atoms with Gasteiger partial charge in [0.1, 0.15) is 11.6 Å². The maximum absolute atomic E-state index is 14.5. The summed E-state index contributed by atoms with van der Waals surface area (Å²) in [5.41, 5.74) is 5.99. The van der Waals surface area contributed by atoms with E-state index in [9.17, 15) is 9.18 Å². The van der Waals surface area contributed by atoms with E-state index >= 15 is 0 Å². The van der Waals surface area contributed by atoms with E-state index < -0.39 is 5.97 Å². The summed E-state index contributed by atoms with van der Waals surface area (Å²) in [5.74, 6) is -0.190. The number of benzene rings is 1. The second kappa shape index (κ2) is 9.61. The highest BCUT2D eigenvalue weighted by Crippen LogP contribution is 2.54. The van der Waals surface area contributed by atoms with Crippen molar-refractivity contribution in [2.75, 3.05) is 36.0 Å². The molecule has 40 heavy (non-hydrogen) atoms. The standard InChI is InChI=1S/C32H36FN5O2/c1-21-6-8-24(17-25(21)33)37-20-32(12-5-13-32)30-27(37)10-9-26(35-30)22(2)38-15-14-36(19-31(38,3)4)28-11-7-23(18-34-28)16-29(39)40/h6-11,17-18H,2,5,12-16,19-20H2,1,3-4H3,(H,39,40). The Labute approximate surface area is 235 Å². The number of fused-ring (bicyclic) bond motifs is 2. The number of aliphatic carboxylic acids is 1. The summed E-state index contributed by atoms with van der Waals surface area (Å²) in [4.78, 5) is 27.6. The van der Waals surface area contributed by atoms with Gasteiger partial charge in [-0.15, -0.1) is 0 Å². The number of piperazine rings is 1. The molecule has 3 aliphatic rings. The highest BCUT2D eigenvalue weighted by atomic mass is 19.1. The van der Waals surface area contributed by atoms with Gasteiger partial charge in [0, 0.05) is 43.5 Å². The van der Waals surface area contributed by atoms with Crippen LogP contribution in [-0.4, -0.2) is 57.7 Å². The van der Waals surface area contributed by atoms with Gasteiger partial charge in [0.05, 0.1) is 34.7 Å². The Balaban J connectivity index is 1.23. The molecule has 8 heteroatoms. The van der Waals surface area contributed by atoms with Gasteiger partial charge in [-0.25, -0.2) is 14.4 Å². The van der Waals surface area contributed by atoms with E-state index in [1.54, 1.807) is 19.2 Å². The number of hydrogen-bond acceptors (Lipinski definition) is 6. The van der Waals surface area contributed by atoms with Crippen molar-refractivity contribution in [2.24, 2.45) is 0 Å². The van der Waals surface area contributed by atoms with E-state index in [0.717, 1.165) is 73.3 Å². The molecule has 1 spiro atoms. The quantitative estimate of drug-likeness (QED) is 0.429. The lowest BCUT2D eigenvalue weighted by Crippen LogP contribution is -2.58. The molecule has 3 aromatic rings. The van der Waals surface area contributed by atoms with Crippen LogP contribution in [0.5, 0.6) is 0 Å². The summed E-state index contributed by atoms with van der Waals surface area (Å²) < 4.78 is 14.5. The highest BCUT2D eigenvalue weighted by Gasteiger charge is 2.49. The lowest BCUT2D eigenvalue weighted by atomic mass is 9.67. The molecule has 0 amide bonds. The molecule has 0 bridgehead atoms. The van der Waals surface area contributed by atoms with E-state index in [4.69, 9.17) is 10.1 Å². The van der Waals surface area contributed by atoms with Crippen LogP contribution in [0, 0.1) is 12.7 Å². The zero-order valence-corrected chi connectivity index (χ0v) is 23.5. The van der Waals surface area contributed by atoms with Crippen LogP contribution in [0.4, 0.5) is 21.6 Å². The van der Waals surface area contributed by atoms with E-state index in [1.165, 1.54) is 6.42 Å². The third kappa shape index (κ3) is 4.49. The maximum atomic E-state index is 14.5. The molecule has 1 aromatic carbocycles. The monoisotopic (exact) mass is 541 g/mol. The van der Waals surface area contributed by atoms with E-state index in [-0.39, 0.29) is 23.2 Å². The van der Waals surface area contributed by atoms with Gasteiger partial charge in [-0.1, -0.05) is 25.1 Å². The van der Waals surface area contributed by atoms with Crippen molar-refractivity contribution < 1.29 is 14.3 Å². The average molecular weight is 542 g/mol. The first-order valence-corrected chi connectivity index (χ1v) is 14.0. The Morgan fingerprint density at radius 2 is 1.90 bits per heavy atom. The molecule has 4 heterocycles. The van der Waals surface area contributed by atoms with Gasteiger partial charge in [0.2, 0.25) is 0 Å². The summed E-state index contributed by atoms with van der Waals surface area (Å²) >= 11 is 0. The van der Waals surface area contributed by atoms with Crippen LogP contribution < -0.4 is 9.80 Å². The molecule has 2 aliphatic heterocycles. The van der Waals surface area contributed by atoms with Crippen LogP contribution in [0.1, 0.15) is 55.6 Å². The fourth-order valence-corrected chi connectivity index (χ4v) is 6.53. The second-order valence-corrected chi connectivity index (χ2v) is 12.1. The molecule has 7 nitrogen and oxygen atoms in total. The maximum Gasteiger partial charge on any atom is 0.307 e. The van der Waals surface area contributed by atoms with Crippen molar-refractivity contribution in [2.45, 2.75) is 57.4 Å². The van der Waals surface area contributed by atoms with Gasteiger partial charge in [-0.05, 0) is 75.1 Å². The van der Waals surface area contributed by atoms with Gasteiger partial charge in [0.25, 0.3) is 0 Å². The molecule has 6 rings (SSSR count). The molecule has 2 fully saturated rings. The Morgan fingerprint density at radius 1 is 1.10 bits per heavy atom. The van der Waals surface area contributed by atoms with Gasteiger partial charge >= 0.3 is 5.97 Å². The minimum absolute atomic E-state index is 0.0136. The molecule has 1 aliphatic carbocycles. The lowest BCUT2D eigenvalue weighted by Gasteiger charge is -2.49. The molecule has 0 unspecified atom stereocenters. The minimum atomic E-state index is -0.858. The Kier molecular flexibility index (Phi) is 6.32. The molecule has 2 aromatic heterocycles. The number of pyridine rings is 2. The van der Waals surface area contributed by atoms with Crippen LogP contribution in [0.2, 0.25) is 0 Å². The van der Waals surface area contributed by atoms with Crippen molar-refractivity contribution in [3.8, 4) is 0 Å². The number of anilines is 3. The Bertz CT molecular complexity index is 1480. The van der Waals surface area contributed by atoms with Crippen LogP contribution >= 0.6 is 0 Å². The Morgan fingerprint density at radius 3 is 2.52 bits per heavy atom. The van der Waals surface area contributed by atoms with Crippen molar-refractivity contribution in [3.05, 3.63) is 83.6 Å². The number of aromatic nitrogens is 2. The van der Waals surface area contributed by atoms with Crippen molar-refractivity contribution in [3.63, 3.8) is 0 Å². The molecule has 1 saturated heterocycles. The zero-order valence-electron chi connectivity index (χ0n) is 23.5. The number of carboxylic acid groups (broad SMARTS) is 1.